The van der Waals surface area contributed by atoms with E-state index in [1.54, 1.807) is 0 Å². The van der Waals surface area contributed by atoms with Gasteiger partial charge in [0.1, 0.15) is 13.2 Å². The van der Waals surface area contributed by atoms with Crippen molar-refractivity contribution in [1.82, 2.24) is 0 Å². The van der Waals surface area contributed by atoms with E-state index in [0.29, 0.717) is 13.2 Å². The minimum Gasteiger partial charge on any atom is -0.566 e. The molecule has 25 heavy (non-hydrogen) atoms. The Morgan fingerprint density at radius 2 is 0.880 bits per heavy atom. The van der Waals surface area contributed by atoms with Crippen LogP contribution in [0.4, 0.5) is 0 Å². The SMILES string of the molecule is CCCCCCCCO[P+](=O)[O-].CCCCCCCCO[P+](=O)[O-].[Fe+2]. The Morgan fingerprint density at radius 1 is 0.600 bits per heavy atom. The van der Waals surface area contributed by atoms with Crippen LogP contribution in [0.1, 0.15) is 90.9 Å². The zero-order chi connectivity index (χ0) is 18.5. The maximum atomic E-state index is 9.95. The summed E-state index contributed by atoms with van der Waals surface area (Å²) in [5, 5.41) is 0. The molecule has 0 aromatic rings. The van der Waals surface area contributed by atoms with Gasteiger partial charge in [-0.3, -0.25) is 0 Å². The van der Waals surface area contributed by atoms with Crippen LogP contribution in [0.5, 0.6) is 0 Å². The van der Waals surface area contributed by atoms with Crippen LogP contribution in [-0.2, 0) is 35.2 Å². The van der Waals surface area contributed by atoms with Crippen molar-refractivity contribution < 1.29 is 45.0 Å². The third-order valence-electron chi connectivity index (χ3n) is 3.39. The van der Waals surface area contributed by atoms with E-state index in [2.05, 4.69) is 22.9 Å². The molecule has 0 aromatic carbocycles. The first kappa shape index (κ1) is 30.3. The molecule has 0 spiro atoms. The zero-order valence-electron chi connectivity index (χ0n) is 15.6. The topological polar surface area (TPSA) is 98.7 Å². The average molecular weight is 440 g/mol. The smallest absolute Gasteiger partial charge is 0.566 e. The number of rotatable bonds is 16. The minimum absolute atomic E-state index is 0. The van der Waals surface area contributed by atoms with Gasteiger partial charge in [-0.05, 0) is 22.0 Å². The summed E-state index contributed by atoms with van der Waals surface area (Å²) in [7, 11) is -5.26. The van der Waals surface area contributed by atoms with Gasteiger partial charge in [-0.2, -0.15) is 0 Å². The second kappa shape index (κ2) is 26.8. The molecule has 0 aromatic heterocycles. The Balaban J connectivity index is -0.000000372. The average Bonchev–Trinajstić information content (AvgIpc) is 2.53. The summed E-state index contributed by atoms with van der Waals surface area (Å²) < 4.78 is 28.7. The van der Waals surface area contributed by atoms with Crippen molar-refractivity contribution in [2.24, 2.45) is 0 Å². The molecule has 0 rings (SSSR count). The molecular formula is C16H34FeO6P2+2. The third kappa shape index (κ3) is 36.3. The largest absolute Gasteiger partial charge is 2.00 e. The van der Waals surface area contributed by atoms with Crippen molar-refractivity contribution in [3.63, 3.8) is 0 Å². The van der Waals surface area contributed by atoms with Gasteiger partial charge in [-0.15, -0.1) is 9.05 Å². The molecule has 2 unspecified atom stereocenters. The maximum Gasteiger partial charge on any atom is 2.00 e. The zero-order valence-corrected chi connectivity index (χ0v) is 18.5. The standard InChI is InChI=1S/2C8H17O3P.Fe/c2*1-2-3-4-5-6-7-8-11-12(9)10;/h2*2-8H2,1H3;/q;;+2. The molecule has 0 fully saturated rings. The first-order valence-corrected chi connectivity index (χ1v) is 11.3. The van der Waals surface area contributed by atoms with Gasteiger partial charge in [0.15, 0.2) is 0 Å². The first-order valence-electron chi connectivity index (χ1n) is 9.09. The van der Waals surface area contributed by atoms with E-state index in [9.17, 15) is 18.9 Å². The van der Waals surface area contributed by atoms with Crippen molar-refractivity contribution in [3.8, 4) is 0 Å². The van der Waals surface area contributed by atoms with Gasteiger partial charge in [-0.1, -0.05) is 78.1 Å². The van der Waals surface area contributed by atoms with Crippen molar-refractivity contribution in [2.45, 2.75) is 90.9 Å². The van der Waals surface area contributed by atoms with Gasteiger partial charge in [0.25, 0.3) is 0 Å². The van der Waals surface area contributed by atoms with E-state index >= 15 is 0 Å². The molecule has 9 heteroatoms. The summed E-state index contributed by atoms with van der Waals surface area (Å²) >= 11 is 0. The van der Waals surface area contributed by atoms with E-state index in [0.717, 1.165) is 25.7 Å². The van der Waals surface area contributed by atoms with E-state index in [1.807, 2.05) is 0 Å². The Hall–Kier alpha value is 0.559. The van der Waals surface area contributed by atoms with Gasteiger partial charge in [0.2, 0.25) is 0 Å². The molecule has 2 atom stereocenters. The van der Waals surface area contributed by atoms with Crippen LogP contribution in [0, 0.1) is 0 Å². The molecule has 0 heterocycles. The minimum atomic E-state index is -2.63. The van der Waals surface area contributed by atoms with Crippen LogP contribution >= 0.6 is 16.5 Å². The second-order valence-electron chi connectivity index (χ2n) is 5.65. The predicted octanol–water partition coefficient (Wildman–Crippen LogP) is 4.76. The molecule has 0 N–H and O–H groups in total. The Bertz CT molecular complexity index is 268. The molecule has 0 aliphatic rings. The molecule has 0 aliphatic carbocycles. The van der Waals surface area contributed by atoms with Crippen molar-refractivity contribution in [2.75, 3.05) is 13.2 Å². The number of hydrogen-bond acceptors (Lipinski definition) is 6. The fourth-order valence-corrected chi connectivity index (χ4v) is 2.60. The summed E-state index contributed by atoms with van der Waals surface area (Å²) in [6.45, 7) is 5.05. The van der Waals surface area contributed by atoms with Gasteiger partial charge in [0, 0.05) is 0 Å². The van der Waals surface area contributed by atoms with Crippen LogP contribution in [-0.4, -0.2) is 13.2 Å². The van der Waals surface area contributed by atoms with Crippen LogP contribution in [0.2, 0.25) is 0 Å². The third-order valence-corrected chi connectivity index (χ3v) is 4.18. The molecule has 0 amide bonds. The molecule has 0 radical (unpaired) electrons. The molecule has 0 saturated heterocycles. The second-order valence-corrected chi connectivity index (χ2v) is 7.06. The summed E-state index contributed by atoms with van der Waals surface area (Å²) in [6.07, 6.45) is 13.8. The van der Waals surface area contributed by atoms with Crippen molar-refractivity contribution in [3.05, 3.63) is 0 Å². The van der Waals surface area contributed by atoms with Gasteiger partial charge in [-0.25, -0.2) is 0 Å². The Kier molecular flexibility index (Phi) is 32.5. The van der Waals surface area contributed by atoms with Crippen molar-refractivity contribution in [1.29, 1.82) is 0 Å². The van der Waals surface area contributed by atoms with Gasteiger partial charge in [0.05, 0.1) is 0 Å². The van der Waals surface area contributed by atoms with E-state index in [1.165, 1.54) is 51.4 Å². The Labute approximate surface area is 165 Å². The maximum absolute atomic E-state index is 9.95. The molecule has 0 saturated carbocycles. The number of hydrogen-bond donors (Lipinski definition) is 0. The molecule has 0 bridgehead atoms. The molecule has 150 valence electrons. The quantitative estimate of drug-likeness (QED) is 0.195. The van der Waals surface area contributed by atoms with Gasteiger partial charge < -0.3 is 9.79 Å². The normalized spacial score (nSPS) is 11.2. The molecule has 6 nitrogen and oxygen atoms in total. The van der Waals surface area contributed by atoms with Crippen molar-refractivity contribution >= 4 is 16.5 Å². The van der Waals surface area contributed by atoms with E-state index in [-0.39, 0.29) is 17.1 Å². The van der Waals surface area contributed by atoms with Crippen LogP contribution in [0.3, 0.4) is 0 Å². The monoisotopic (exact) mass is 440 g/mol. The van der Waals surface area contributed by atoms with E-state index < -0.39 is 16.5 Å². The summed E-state index contributed by atoms with van der Waals surface area (Å²) in [5.74, 6) is 0. The molecule has 0 aliphatic heterocycles. The summed E-state index contributed by atoms with van der Waals surface area (Å²) in [4.78, 5) is 19.9. The first-order chi connectivity index (χ1) is 11.5. The summed E-state index contributed by atoms with van der Waals surface area (Å²) in [6, 6.07) is 0. The van der Waals surface area contributed by atoms with Crippen LogP contribution < -0.4 is 9.79 Å². The number of unbranched alkanes of at least 4 members (excludes halogenated alkanes) is 10. The summed E-state index contributed by atoms with van der Waals surface area (Å²) in [5.41, 5.74) is 0. The van der Waals surface area contributed by atoms with E-state index in [4.69, 9.17) is 0 Å². The van der Waals surface area contributed by atoms with Crippen LogP contribution in [0.25, 0.3) is 0 Å². The Morgan fingerprint density at radius 3 is 1.16 bits per heavy atom. The fourth-order valence-electron chi connectivity index (χ4n) is 2.04. The van der Waals surface area contributed by atoms with Gasteiger partial charge >= 0.3 is 33.6 Å². The fraction of sp³-hybridized carbons (Fsp3) is 1.00. The molecular weight excluding hydrogens is 406 g/mol. The predicted molar refractivity (Wildman–Crippen MR) is 93.9 cm³/mol. The van der Waals surface area contributed by atoms with Crippen LogP contribution in [0.15, 0.2) is 0 Å².